The number of aromatic nitrogens is 1. The van der Waals surface area contributed by atoms with E-state index in [1.165, 1.54) is 33.8 Å². The largest absolute Gasteiger partial charge is 0.494 e. The number of sulfonamides is 1. The molecule has 3 aromatic carbocycles. The molecular weight excluding hydrogens is 549 g/mol. The third-order valence-corrected chi connectivity index (χ3v) is 10.1. The number of carbonyl (C=O) groups excluding carboxylic acids is 1. The second kappa shape index (κ2) is 11.0. The number of ether oxygens (including phenoxy) is 1. The van der Waals surface area contributed by atoms with Crippen molar-refractivity contribution in [1.29, 1.82) is 0 Å². The molecule has 0 radical (unpaired) electrons. The predicted octanol–water partition coefficient (Wildman–Crippen LogP) is 5.73. The Bertz CT molecular complexity index is 1570. The maximum absolute atomic E-state index is 14.2. The van der Waals surface area contributed by atoms with Crippen molar-refractivity contribution < 1.29 is 22.3 Å². The van der Waals surface area contributed by atoms with E-state index in [9.17, 15) is 17.6 Å². The van der Waals surface area contributed by atoms with Gasteiger partial charge in [0.05, 0.1) is 23.4 Å². The Balaban J connectivity index is 1.42. The van der Waals surface area contributed by atoms with Gasteiger partial charge in [0.2, 0.25) is 15.9 Å². The second-order valence-electron chi connectivity index (χ2n) is 8.94. The molecular formula is C27H25ClFN3O4S2. The molecule has 4 aromatic rings. The number of halogens is 2. The molecule has 11 heteroatoms. The van der Waals surface area contributed by atoms with Crippen molar-refractivity contribution in [3.05, 3.63) is 83.1 Å². The van der Waals surface area contributed by atoms with Crippen LogP contribution >= 0.6 is 22.9 Å². The Morgan fingerprint density at radius 1 is 1.11 bits per heavy atom. The molecule has 0 atom stereocenters. The van der Waals surface area contributed by atoms with Crippen molar-refractivity contribution in [3.63, 3.8) is 0 Å². The SMILES string of the molecule is COc1ccc(Cl)c2sc(N(Cc3ccccc3)C(=O)C3CCN(S(=O)(=O)c4ccccc4F)CC3)nc12. The van der Waals surface area contributed by atoms with Gasteiger partial charge in [-0.3, -0.25) is 9.69 Å². The number of anilines is 1. The lowest BCUT2D eigenvalue weighted by molar-refractivity contribution is -0.123. The molecule has 1 saturated heterocycles. The number of methoxy groups -OCH3 is 1. The first-order chi connectivity index (χ1) is 18.3. The number of amides is 1. The van der Waals surface area contributed by atoms with E-state index in [-0.39, 0.29) is 23.9 Å². The highest BCUT2D eigenvalue weighted by Crippen LogP contribution is 2.40. The van der Waals surface area contributed by atoms with Gasteiger partial charge in [0.1, 0.15) is 22.0 Å². The van der Waals surface area contributed by atoms with Crippen molar-refractivity contribution in [1.82, 2.24) is 9.29 Å². The van der Waals surface area contributed by atoms with Crippen LogP contribution < -0.4 is 9.64 Å². The molecule has 0 aliphatic carbocycles. The summed E-state index contributed by atoms with van der Waals surface area (Å²) in [6.45, 7) is 0.532. The highest BCUT2D eigenvalue weighted by Gasteiger charge is 2.36. The number of rotatable bonds is 7. The fourth-order valence-electron chi connectivity index (χ4n) is 4.58. The fourth-order valence-corrected chi connectivity index (χ4v) is 7.38. The first kappa shape index (κ1) is 26.6. The van der Waals surface area contributed by atoms with Crippen LogP contribution in [0.2, 0.25) is 5.02 Å². The lowest BCUT2D eigenvalue weighted by atomic mass is 9.96. The van der Waals surface area contributed by atoms with Gasteiger partial charge in [-0.2, -0.15) is 4.31 Å². The predicted molar refractivity (Wildman–Crippen MR) is 147 cm³/mol. The Morgan fingerprint density at radius 2 is 1.79 bits per heavy atom. The molecule has 1 aliphatic rings. The van der Waals surface area contributed by atoms with Crippen LogP contribution in [0.5, 0.6) is 5.75 Å². The van der Waals surface area contributed by atoms with Crippen LogP contribution in [0, 0.1) is 11.7 Å². The Hall–Kier alpha value is -3.05. The van der Waals surface area contributed by atoms with Gasteiger partial charge in [-0.25, -0.2) is 17.8 Å². The topological polar surface area (TPSA) is 79.8 Å². The minimum Gasteiger partial charge on any atom is -0.494 e. The highest BCUT2D eigenvalue weighted by molar-refractivity contribution is 7.89. The van der Waals surface area contributed by atoms with Crippen LogP contribution in [0.1, 0.15) is 18.4 Å². The van der Waals surface area contributed by atoms with Gasteiger partial charge < -0.3 is 4.74 Å². The second-order valence-corrected chi connectivity index (χ2v) is 12.2. The monoisotopic (exact) mass is 573 g/mol. The molecule has 1 amide bonds. The van der Waals surface area contributed by atoms with Crippen molar-refractivity contribution in [2.45, 2.75) is 24.3 Å². The maximum atomic E-state index is 14.2. The van der Waals surface area contributed by atoms with E-state index in [0.717, 1.165) is 16.3 Å². The number of nitrogens with zero attached hydrogens (tertiary/aromatic N) is 3. The van der Waals surface area contributed by atoms with Crippen LogP contribution in [-0.2, 0) is 21.4 Å². The lowest BCUT2D eigenvalue weighted by Gasteiger charge is -2.33. The normalized spacial score (nSPS) is 15.0. The molecule has 1 aliphatic heterocycles. The molecule has 1 aromatic heterocycles. The summed E-state index contributed by atoms with van der Waals surface area (Å²) >= 11 is 7.75. The summed E-state index contributed by atoms with van der Waals surface area (Å²) < 4.78 is 47.7. The molecule has 0 saturated carbocycles. The Kier molecular flexibility index (Phi) is 7.67. The molecule has 0 unspecified atom stereocenters. The van der Waals surface area contributed by atoms with Crippen molar-refractivity contribution in [2.75, 3.05) is 25.1 Å². The Morgan fingerprint density at radius 3 is 2.47 bits per heavy atom. The third-order valence-electron chi connectivity index (χ3n) is 6.61. The first-order valence-corrected chi connectivity index (χ1v) is 14.7. The lowest BCUT2D eigenvalue weighted by Crippen LogP contribution is -2.44. The molecule has 0 spiro atoms. The summed E-state index contributed by atoms with van der Waals surface area (Å²) in [5.41, 5.74) is 1.51. The zero-order valence-corrected chi connectivity index (χ0v) is 22.9. The van der Waals surface area contributed by atoms with Crippen LogP contribution in [0.25, 0.3) is 10.2 Å². The quantitative estimate of drug-likeness (QED) is 0.282. The van der Waals surface area contributed by atoms with Crippen molar-refractivity contribution in [3.8, 4) is 5.75 Å². The number of thiazole rings is 1. The summed E-state index contributed by atoms with van der Waals surface area (Å²) in [6, 6.07) is 18.4. The minimum atomic E-state index is -4.00. The first-order valence-electron chi connectivity index (χ1n) is 12.0. The van der Waals surface area contributed by atoms with Crippen LogP contribution in [0.4, 0.5) is 9.52 Å². The smallest absolute Gasteiger partial charge is 0.245 e. The number of hydrogen-bond donors (Lipinski definition) is 0. The van der Waals surface area contributed by atoms with Crippen LogP contribution in [0.15, 0.2) is 71.6 Å². The van der Waals surface area contributed by atoms with Gasteiger partial charge in [0.25, 0.3) is 0 Å². The van der Waals surface area contributed by atoms with E-state index in [4.69, 9.17) is 21.3 Å². The number of fused-ring (bicyclic) bond motifs is 1. The van der Waals surface area contributed by atoms with Gasteiger partial charge in [0, 0.05) is 19.0 Å². The molecule has 0 N–H and O–H groups in total. The van der Waals surface area contributed by atoms with Gasteiger partial charge >= 0.3 is 0 Å². The summed E-state index contributed by atoms with van der Waals surface area (Å²) in [4.78, 5) is 19.9. The molecule has 0 bridgehead atoms. The Labute approximate surface area is 229 Å². The summed E-state index contributed by atoms with van der Waals surface area (Å²) in [7, 11) is -2.44. The van der Waals surface area contributed by atoms with E-state index in [1.807, 2.05) is 30.3 Å². The van der Waals surface area contributed by atoms with E-state index in [0.29, 0.717) is 40.8 Å². The maximum Gasteiger partial charge on any atom is 0.245 e. The number of hydrogen-bond acceptors (Lipinski definition) is 6. The summed E-state index contributed by atoms with van der Waals surface area (Å²) in [6.07, 6.45) is 0.625. The average Bonchev–Trinajstić information content (AvgIpc) is 3.39. The van der Waals surface area contributed by atoms with Gasteiger partial charge in [0.15, 0.2) is 5.13 Å². The number of carbonyl (C=O) groups is 1. The standard InChI is InChI=1S/C27H25ClFN3O4S2/c1-36-22-12-11-20(28)25-24(22)30-27(37-25)32(17-18-7-3-2-4-8-18)26(33)19-13-15-31(16-14-19)38(34,35)23-10-6-5-9-21(23)29/h2-12,19H,13-17H2,1H3. The highest BCUT2D eigenvalue weighted by atomic mass is 35.5. The number of piperidine rings is 1. The third kappa shape index (κ3) is 5.13. The molecule has 2 heterocycles. The fraction of sp³-hybridized carbons (Fsp3) is 0.259. The average molecular weight is 574 g/mol. The van der Waals surface area contributed by atoms with E-state index in [1.54, 1.807) is 24.1 Å². The molecule has 5 rings (SSSR count). The van der Waals surface area contributed by atoms with E-state index < -0.39 is 21.8 Å². The number of benzene rings is 3. The zero-order valence-electron chi connectivity index (χ0n) is 20.5. The molecule has 7 nitrogen and oxygen atoms in total. The molecule has 1 fully saturated rings. The van der Waals surface area contributed by atoms with Gasteiger partial charge in [-0.15, -0.1) is 0 Å². The van der Waals surface area contributed by atoms with Crippen LogP contribution in [0.3, 0.4) is 0 Å². The summed E-state index contributed by atoms with van der Waals surface area (Å²) in [5.74, 6) is -0.795. The van der Waals surface area contributed by atoms with Crippen molar-refractivity contribution >= 4 is 54.2 Å². The van der Waals surface area contributed by atoms with Crippen LogP contribution in [-0.4, -0.2) is 43.8 Å². The minimum absolute atomic E-state index is 0.117. The molecule has 38 heavy (non-hydrogen) atoms. The summed E-state index contributed by atoms with van der Waals surface area (Å²) in [5, 5.41) is 1.00. The van der Waals surface area contributed by atoms with Gasteiger partial charge in [-0.05, 0) is 42.7 Å². The van der Waals surface area contributed by atoms with E-state index >= 15 is 0 Å². The van der Waals surface area contributed by atoms with Crippen molar-refractivity contribution in [2.24, 2.45) is 5.92 Å². The van der Waals surface area contributed by atoms with E-state index in [2.05, 4.69) is 0 Å². The zero-order chi connectivity index (χ0) is 26.9. The molecule has 198 valence electrons. The van der Waals surface area contributed by atoms with Gasteiger partial charge in [-0.1, -0.05) is 65.4 Å².